The van der Waals surface area contributed by atoms with Crippen molar-refractivity contribution in [1.29, 1.82) is 0 Å². The number of sulfonamides is 1. The zero-order valence-electron chi connectivity index (χ0n) is 16.3. The number of amides is 2. The topological polar surface area (TPSA) is 95.6 Å². The molecule has 1 saturated heterocycles. The fraction of sp³-hybridized carbons (Fsp3) is 0.333. The summed E-state index contributed by atoms with van der Waals surface area (Å²) >= 11 is 0. The number of hydrogen-bond acceptors (Lipinski definition) is 4. The second kappa shape index (κ2) is 9.19. The van der Waals surface area contributed by atoms with Gasteiger partial charge in [0.1, 0.15) is 0 Å². The number of carbonyl (C=O) groups is 2. The number of nitrogens with zero attached hydrogens (tertiary/aromatic N) is 1. The number of nitrogens with one attached hydrogen (secondary N) is 2. The lowest BCUT2D eigenvalue weighted by Gasteiger charge is -2.15. The first-order chi connectivity index (χ1) is 13.9. The van der Waals surface area contributed by atoms with Gasteiger partial charge in [-0.2, -0.15) is 4.31 Å². The summed E-state index contributed by atoms with van der Waals surface area (Å²) in [5.41, 5.74) is 1.43. The monoisotopic (exact) mass is 415 g/mol. The predicted octanol–water partition coefficient (Wildman–Crippen LogP) is 2.86. The van der Waals surface area contributed by atoms with E-state index in [4.69, 9.17) is 0 Å². The van der Waals surface area contributed by atoms with Gasteiger partial charge in [0.25, 0.3) is 11.8 Å². The number of anilines is 1. The molecule has 1 fully saturated rings. The highest BCUT2D eigenvalue weighted by atomic mass is 32.2. The van der Waals surface area contributed by atoms with Crippen molar-refractivity contribution in [2.75, 3.05) is 25.0 Å². The van der Waals surface area contributed by atoms with Gasteiger partial charge in [-0.25, -0.2) is 8.42 Å². The summed E-state index contributed by atoms with van der Waals surface area (Å²) in [5.74, 6) is -0.502. The first kappa shape index (κ1) is 21.0. The Kier molecular flexibility index (Phi) is 6.66. The van der Waals surface area contributed by atoms with Gasteiger partial charge in [-0.3, -0.25) is 9.59 Å². The largest absolute Gasteiger partial charge is 0.352 e. The Morgan fingerprint density at radius 3 is 2.03 bits per heavy atom. The van der Waals surface area contributed by atoms with Crippen LogP contribution in [0.3, 0.4) is 0 Å². The summed E-state index contributed by atoms with van der Waals surface area (Å²) < 4.78 is 26.6. The van der Waals surface area contributed by atoms with E-state index >= 15 is 0 Å². The van der Waals surface area contributed by atoms with E-state index in [0.717, 1.165) is 19.3 Å². The molecule has 0 unspecified atom stereocenters. The van der Waals surface area contributed by atoms with Crippen molar-refractivity contribution in [3.63, 3.8) is 0 Å². The number of carbonyl (C=O) groups excluding carboxylic acids is 2. The molecule has 2 N–H and O–H groups in total. The van der Waals surface area contributed by atoms with E-state index < -0.39 is 10.0 Å². The van der Waals surface area contributed by atoms with Crippen LogP contribution in [0.25, 0.3) is 0 Å². The van der Waals surface area contributed by atoms with Crippen molar-refractivity contribution in [3.05, 3.63) is 59.7 Å². The summed E-state index contributed by atoms with van der Waals surface area (Å²) in [6.07, 6.45) is 2.61. The Labute approximate surface area is 171 Å². The standard InChI is InChI=1S/C21H25N3O4S/c1-2-13-22-20(25)16-5-9-18(10-6-16)23-21(26)17-7-11-19(12-8-17)29(27,28)24-14-3-4-15-24/h5-12H,2-4,13-15H2,1H3,(H,22,25)(H,23,26). The quantitative estimate of drug-likeness (QED) is 0.727. The normalized spacial score (nSPS) is 14.5. The Morgan fingerprint density at radius 1 is 0.897 bits per heavy atom. The third-order valence-electron chi connectivity index (χ3n) is 4.76. The summed E-state index contributed by atoms with van der Waals surface area (Å²) in [4.78, 5) is 24.5. The highest BCUT2D eigenvalue weighted by Gasteiger charge is 2.27. The Balaban J connectivity index is 1.64. The molecule has 3 rings (SSSR count). The Morgan fingerprint density at radius 2 is 1.45 bits per heavy atom. The number of hydrogen-bond donors (Lipinski definition) is 2. The van der Waals surface area contributed by atoms with Crippen LogP contribution in [0.5, 0.6) is 0 Å². The summed E-state index contributed by atoms with van der Waals surface area (Å²) in [7, 11) is -3.50. The molecular formula is C21H25N3O4S. The maximum Gasteiger partial charge on any atom is 0.255 e. The van der Waals surface area contributed by atoms with Gasteiger partial charge in [0, 0.05) is 36.4 Å². The van der Waals surface area contributed by atoms with Crippen molar-refractivity contribution in [3.8, 4) is 0 Å². The third-order valence-corrected chi connectivity index (χ3v) is 6.67. The summed E-state index contributed by atoms with van der Waals surface area (Å²) in [6, 6.07) is 12.5. The van der Waals surface area contributed by atoms with Crippen LogP contribution in [0.1, 0.15) is 46.9 Å². The van der Waals surface area contributed by atoms with Crippen LogP contribution in [0.4, 0.5) is 5.69 Å². The molecule has 0 radical (unpaired) electrons. The van der Waals surface area contributed by atoms with Crippen molar-refractivity contribution in [2.45, 2.75) is 31.1 Å². The zero-order chi connectivity index (χ0) is 20.9. The Hall–Kier alpha value is -2.71. The average Bonchev–Trinajstić information content (AvgIpc) is 3.28. The van der Waals surface area contributed by atoms with Gasteiger partial charge in [0.2, 0.25) is 10.0 Å². The van der Waals surface area contributed by atoms with Crippen LogP contribution < -0.4 is 10.6 Å². The molecule has 1 aliphatic rings. The maximum atomic E-state index is 12.6. The van der Waals surface area contributed by atoms with E-state index in [1.807, 2.05) is 6.92 Å². The molecule has 0 spiro atoms. The fourth-order valence-corrected chi connectivity index (χ4v) is 4.62. The highest BCUT2D eigenvalue weighted by molar-refractivity contribution is 7.89. The van der Waals surface area contributed by atoms with Crippen LogP contribution in [0, 0.1) is 0 Å². The molecule has 8 heteroatoms. The predicted molar refractivity (Wildman–Crippen MR) is 111 cm³/mol. The lowest BCUT2D eigenvalue weighted by molar-refractivity contribution is 0.0953. The van der Waals surface area contributed by atoms with Crippen molar-refractivity contribution in [2.24, 2.45) is 0 Å². The van der Waals surface area contributed by atoms with Crippen LogP contribution in [0.2, 0.25) is 0 Å². The lowest BCUT2D eigenvalue weighted by Crippen LogP contribution is -2.27. The second-order valence-corrected chi connectivity index (χ2v) is 8.86. The van der Waals surface area contributed by atoms with E-state index in [1.165, 1.54) is 28.6 Å². The molecule has 2 aromatic rings. The molecule has 1 heterocycles. The van der Waals surface area contributed by atoms with Gasteiger partial charge in [-0.05, 0) is 67.8 Å². The molecule has 0 aliphatic carbocycles. The van der Waals surface area contributed by atoms with Crippen LogP contribution in [-0.4, -0.2) is 44.2 Å². The van der Waals surface area contributed by atoms with Crippen LogP contribution >= 0.6 is 0 Å². The van der Waals surface area contributed by atoms with Gasteiger partial charge in [-0.15, -0.1) is 0 Å². The van der Waals surface area contributed by atoms with Gasteiger partial charge in [0.05, 0.1) is 4.90 Å². The molecule has 0 aromatic heterocycles. The summed E-state index contributed by atoms with van der Waals surface area (Å²) in [5, 5.41) is 5.54. The van der Waals surface area contributed by atoms with Crippen molar-refractivity contribution >= 4 is 27.5 Å². The SMILES string of the molecule is CCCNC(=O)c1ccc(NC(=O)c2ccc(S(=O)(=O)N3CCCC3)cc2)cc1. The first-order valence-corrected chi connectivity index (χ1v) is 11.2. The number of benzene rings is 2. The first-order valence-electron chi connectivity index (χ1n) is 9.71. The van der Waals surface area contributed by atoms with E-state index in [2.05, 4.69) is 10.6 Å². The second-order valence-electron chi connectivity index (χ2n) is 6.92. The summed E-state index contributed by atoms with van der Waals surface area (Å²) in [6.45, 7) is 3.67. The minimum Gasteiger partial charge on any atom is -0.352 e. The van der Waals surface area contributed by atoms with Crippen LogP contribution in [0.15, 0.2) is 53.4 Å². The van der Waals surface area contributed by atoms with Gasteiger partial charge in [-0.1, -0.05) is 6.92 Å². The molecule has 2 aromatic carbocycles. The molecule has 2 amide bonds. The number of rotatable bonds is 7. The molecule has 7 nitrogen and oxygen atoms in total. The minimum absolute atomic E-state index is 0.153. The van der Waals surface area contributed by atoms with E-state index in [-0.39, 0.29) is 16.7 Å². The van der Waals surface area contributed by atoms with Crippen LogP contribution in [-0.2, 0) is 10.0 Å². The average molecular weight is 416 g/mol. The van der Waals surface area contributed by atoms with Gasteiger partial charge >= 0.3 is 0 Å². The smallest absolute Gasteiger partial charge is 0.255 e. The molecule has 1 aliphatic heterocycles. The lowest BCUT2D eigenvalue weighted by atomic mass is 10.1. The Bertz CT molecular complexity index is 964. The van der Waals surface area contributed by atoms with Crippen molar-refractivity contribution < 1.29 is 18.0 Å². The molecule has 0 bridgehead atoms. The minimum atomic E-state index is -3.50. The van der Waals surface area contributed by atoms with E-state index in [0.29, 0.717) is 36.4 Å². The molecule has 0 atom stereocenters. The van der Waals surface area contributed by atoms with E-state index in [9.17, 15) is 18.0 Å². The van der Waals surface area contributed by atoms with Gasteiger partial charge < -0.3 is 10.6 Å². The maximum absolute atomic E-state index is 12.6. The highest BCUT2D eigenvalue weighted by Crippen LogP contribution is 2.21. The third kappa shape index (κ3) is 5.02. The molecular weight excluding hydrogens is 390 g/mol. The fourth-order valence-electron chi connectivity index (χ4n) is 3.10. The molecule has 29 heavy (non-hydrogen) atoms. The molecule has 154 valence electrons. The van der Waals surface area contributed by atoms with E-state index in [1.54, 1.807) is 24.3 Å². The van der Waals surface area contributed by atoms with Gasteiger partial charge in [0.15, 0.2) is 0 Å². The molecule has 0 saturated carbocycles. The zero-order valence-corrected chi connectivity index (χ0v) is 17.2. The van der Waals surface area contributed by atoms with Crippen molar-refractivity contribution in [1.82, 2.24) is 9.62 Å².